The van der Waals surface area contributed by atoms with Gasteiger partial charge in [-0.1, -0.05) is 11.8 Å². The molecule has 0 aliphatic heterocycles. The predicted octanol–water partition coefficient (Wildman–Crippen LogP) is 4.61. The van der Waals surface area contributed by atoms with Crippen molar-refractivity contribution < 1.29 is 18.7 Å². The van der Waals surface area contributed by atoms with Crippen LogP contribution in [-0.2, 0) is 4.79 Å². The monoisotopic (exact) mass is 454 g/mol. The minimum Gasteiger partial charge on any atom is -0.497 e. The minimum atomic E-state index is -0.204. The molecule has 2 aromatic heterocycles. The Bertz CT molecular complexity index is 1160. The van der Waals surface area contributed by atoms with E-state index < -0.39 is 0 Å². The van der Waals surface area contributed by atoms with Gasteiger partial charge >= 0.3 is 0 Å². The molecule has 0 atom stereocenters. The van der Waals surface area contributed by atoms with Crippen LogP contribution in [0.2, 0.25) is 0 Å². The van der Waals surface area contributed by atoms with Crippen LogP contribution in [0.25, 0.3) is 22.7 Å². The number of aromatic nitrogens is 3. The average molecular weight is 455 g/mol. The summed E-state index contributed by atoms with van der Waals surface area (Å²) < 4.78 is 15.9. The van der Waals surface area contributed by atoms with Crippen LogP contribution >= 0.6 is 23.1 Å². The van der Waals surface area contributed by atoms with E-state index in [2.05, 4.69) is 20.5 Å². The normalized spacial score (nSPS) is 10.6. The Balaban J connectivity index is 1.31. The van der Waals surface area contributed by atoms with Gasteiger partial charge in [0.25, 0.3) is 5.22 Å². The van der Waals surface area contributed by atoms with Crippen LogP contribution in [0.15, 0.2) is 63.6 Å². The van der Waals surface area contributed by atoms with Gasteiger partial charge < -0.3 is 19.2 Å². The summed E-state index contributed by atoms with van der Waals surface area (Å²) in [5.41, 5.74) is 2.51. The molecule has 0 bridgehead atoms. The smallest absolute Gasteiger partial charge is 0.277 e. The van der Waals surface area contributed by atoms with E-state index in [4.69, 9.17) is 13.9 Å². The maximum Gasteiger partial charge on any atom is 0.277 e. The summed E-state index contributed by atoms with van der Waals surface area (Å²) in [7, 11) is 3.23. The number of anilines is 1. The highest BCUT2D eigenvalue weighted by Crippen LogP contribution is 2.27. The fraction of sp³-hybridized carbons (Fsp3) is 0.143. The van der Waals surface area contributed by atoms with E-state index in [1.54, 1.807) is 14.2 Å². The van der Waals surface area contributed by atoms with Gasteiger partial charge in [0.1, 0.15) is 11.5 Å². The number of carbonyl (C=O) groups is 1. The van der Waals surface area contributed by atoms with Crippen LogP contribution in [0.3, 0.4) is 0 Å². The molecule has 31 heavy (non-hydrogen) atoms. The second-order valence-electron chi connectivity index (χ2n) is 6.20. The fourth-order valence-corrected chi connectivity index (χ4v) is 3.93. The highest BCUT2D eigenvalue weighted by atomic mass is 32.2. The molecular weight excluding hydrogens is 436 g/mol. The lowest BCUT2D eigenvalue weighted by Gasteiger charge is -2.01. The Hall–Kier alpha value is -3.37. The van der Waals surface area contributed by atoms with E-state index in [0.29, 0.717) is 16.2 Å². The molecule has 0 fully saturated rings. The van der Waals surface area contributed by atoms with E-state index in [1.807, 2.05) is 53.9 Å². The molecule has 0 radical (unpaired) electrons. The van der Waals surface area contributed by atoms with E-state index in [0.717, 1.165) is 40.1 Å². The number of rotatable bonds is 8. The third kappa shape index (κ3) is 5.22. The zero-order valence-electron chi connectivity index (χ0n) is 16.7. The van der Waals surface area contributed by atoms with Crippen LogP contribution in [-0.4, -0.2) is 41.1 Å². The summed E-state index contributed by atoms with van der Waals surface area (Å²) >= 11 is 2.53. The van der Waals surface area contributed by atoms with Gasteiger partial charge in [-0.3, -0.25) is 4.79 Å². The summed E-state index contributed by atoms with van der Waals surface area (Å²) in [4.78, 5) is 16.7. The molecule has 4 aromatic rings. The summed E-state index contributed by atoms with van der Waals surface area (Å²) in [6.45, 7) is 0. The Morgan fingerprint density at radius 3 is 2.29 bits per heavy atom. The molecule has 0 unspecified atom stereocenters. The second-order valence-corrected chi connectivity index (χ2v) is 7.99. The lowest BCUT2D eigenvalue weighted by atomic mass is 10.2. The second kappa shape index (κ2) is 9.63. The number of ether oxygens (including phenoxy) is 2. The molecule has 158 valence electrons. The maximum atomic E-state index is 12.3. The SMILES string of the molecule is COc1ccc(-c2csc(NC(=O)CSc3nnc(-c4ccc(OC)cc4)o3)n2)cc1. The van der Waals surface area contributed by atoms with E-state index >= 15 is 0 Å². The molecule has 0 saturated heterocycles. The number of nitrogens with zero attached hydrogens (tertiary/aromatic N) is 3. The molecule has 2 heterocycles. The Morgan fingerprint density at radius 1 is 1.00 bits per heavy atom. The quantitative estimate of drug-likeness (QED) is 0.385. The Kier molecular flexibility index (Phi) is 6.48. The Morgan fingerprint density at radius 2 is 1.65 bits per heavy atom. The highest BCUT2D eigenvalue weighted by molar-refractivity contribution is 7.99. The molecule has 1 N–H and O–H groups in total. The molecule has 0 saturated carbocycles. The van der Waals surface area contributed by atoms with Crippen LogP contribution in [0, 0.1) is 0 Å². The zero-order valence-corrected chi connectivity index (χ0v) is 18.3. The third-order valence-corrected chi connectivity index (χ3v) is 5.78. The molecular formula is C21H18N4O4S2. The van der Waals surface area contributed by atoms with Gasteiger partial charge in [-0.2, -0.15) is 0 Å². The topological polar surface area (TPSA) is 99.4 Å². The molecule has 4 rings (SSSR count). The summed E-state index contributed by atoms with van der Waals surface area (Å²) in [5, 5.41) is 13.5. The molecule has 10 heteroatoms. The van der Waals surface area contributed by atoms with Crippen LogP contribution in [0.5, 0.6) is 11.5 Å². The standard InChI is InChI=1S/C21H18N4O4S2/c1-27-15-7-3-13(4-8-15)17-11-30-20(22-17)23-18(26)12-31-21-25-24-19(29-21)14-5-9-16(28-2)10-6-14/h3-11H,12H2,1-2H3,(H,22,23,26). The van der Waals surface area contributed by atoms with E-state index in [-0.39, 0.29) is 11.7 Å². The van der Waals surface area contributed by atoms with Crippen molar-refractivity contribution in [2.75, 3.05) is 25.3 Å². The van der Waals surface area contributed by atoms with E-state index in [9.17, 15) is 4.79 Å². The first kappa shape index (κ1) is 20.9. The molecule has 0 aliphatic carbocycles. The van der Waals surface area contributed by atoms with Crippen molar-refractivity contribution in [2.24, 2.45) is 0 Å². The number of benzene rings is 2. The number of hydrogen-bond donors (Lipinski definition) is 1. The number of nitrogens with one attached hydrogen (secondary N) is 1. The van der Waals surface area contributed by atoms with Crippen molar-refractivity contribution in [3.63, 3.8) is 0 Å². The Labute approximate surface area is 186 Å². The van der Waals surface area contributed by atoms with Gasteiger partial charge in [0, 0.05) is 16.5 Å². The van der Waals surface area contributed by atoms with E-state index in [1.165, 1.54) is 11.3 Å². The van der Waals surface area contributed by atoms with Crippen molar-refractivity contribution in [3.05, 3.63) is 53.9 Å². The van der Waals surface area contributed by atoms with Gasteiger partial charge in [-0.15, -0.1) is 21.5 Å². The minimum absolute atomic E-state index is 0.127. The van der Waals surface area contributed by atoms with Crippen LogP contribution < -0.4 is 14.8 Å². The van der Waals surface area contributed by atoms with Crippen molar-refractivity contribution >= 4 is 34.1 Å². The first-order valence-electron chi connectivity index (χ1n) is 9.15. The predicted molar refractivity (Wildman–Crippen MR) is 120 cm³/mol. The number of amides is 1. The number of carbonyl (C=O) groups excluding carboxylic acids is 1. The highest BCUT2D eigenvalue weighted by Gasteiger charge is 2.13. The number of thiazole rings is 1. The van der Waals surface area contributed by atoms with Crippen molar-refractivity contribution in [3.8, 4) is 34.2 Å². The van der Waals surface area contributed by atoms with Gasteiger partial charge in [0.2, 0.25) is 11.8 Å². The lowest BCUT2D eigenvalue weighted by molar-refractivity contribution is -0.113. The average Bonchev–Trinajstić information content (AvgIpc) is 3.48. The lowest BCUT2D eigenvalue weighted by Crippen LogP contribution is -2.13. The van der Waals surface area contributed by atoms with Crippen LogP contribution in [0.4, 0.5) is 5.13 Å². The number of methoxy groups -OCH3 is 2. The van der Waals surface area contributed by atoms with Crippen molar-refractivity contribution in [2.45, 2.75) is 5.22 Å². The van der Waals surface area contributed by atoms with Gasteiger partial charge in [-0.05, 0) is 48.5 Å². The molecule has 2 aromatic carbocycles. The van der Waals surface area contributed by atoms with Gasteiger partial charge in [0.15, 0.2) is 5.13 Å². The first-order chi connectivity index (χ1) is 15.1. The summed E-state index contributed by atoms with van der Waals surface area (Å²) in [5.74, 6) is 1.83. The molecule has 0 aliphatic rings. The summed E-state index contributed by atoms with van der Waals surface area (Å²) in [6.07, 6.45) is 0. The third-order valence-electron chi connectivity index (χ3n) is 4.21. The van der Waals surface area contributed by atoms with Gasteiger partial charge in [-0.25, -0.2) is 4.98 Å². The van der Waals surface area contributed by atoms with Crippen molar-refractivity contribution in [1.29, 1.82) is 0 Å². The fourth-order valence-electron chi connectivity index (χ4n) is 2.63. The summed E-state index contributed by atoms with van der Waals surface area (Å²) in [6, 6.07) is 14.9. The van der Waals surface area contributed by atoms with Crippen molar-refractivity contribution in [1.82, 2.24) is 15.2 Å². The van der Waals surface area contributed by atoms with Crippen LogP contribution in [0.1, 0.15) is 0 Å². The maximum absolute atomic E-state index is 12.3. The number of thioether (sulfide) groups is 1. The largest absolute Gasteiger partial charge is 0.497 e. The molecule has 0 spiro atoms. The number of hydrogen-bond acceptors (Lipinski definition) is 9. The zero-order chi connectivity index (χ0) is 21.6. The van der Waals surface area contributed by atoms with Gasteiger partial charge in [0.05, 0.1) is 25.7 Å². The first-order valence-corrected chi connectivity index (χ1v) is 11.0. The molecule has 8 nitrogen and oxygen atoms in total. The molecule has 1 amide bonds.